The van der Waals surface area contributed by atoms with E-state index < -0.39 is 0 Å². The third kappa shape index (κ3) is 3.22. The summed E-state index contributed by atoms with van der Waals surface area (Å²) in [6.45, 7) is 4.83. The molecule has 0 saturated carbocycles. The predicted octanol–water partition coefficient (Wildman–Crippen LogP) is 1.68. The van der Waals surface area contributed by atoms with Gasteiger partial charge >= 0.3 is 0 Å². The summed E-state index contributed by atoms with van der Waals surface area (Å²) < 4.78 is 5.30. The molecule has 0 bridgehead atoms. The quantitative estimate of drug-likeness (QED) is 0.727. The molecule has 0 spiro atoms. The van der Waals surface area contributed by atoms with Crippen molar-refractivity contribution in [1.82, 2.24) is 0 Å². The Bertz CT molecular complexity index is 307. The minimum atomic E-state index is -0.249. The molecule has 3 nitrogen and oxygen atoms in total. The van der Waals surface area contributed by atoms with Gasteiger partial charge in [-0.1, -0.05) is 32.0 Å². The van der Waals surface area contributed by atoms with Crippen LogP contribution >= 0.6 is 0 Å². The number of rotatable bonds is 5. The second-order valence-electron chi connectivity index (χ2n) is 4.18. The van der Waals surface area contributed by atoms with Crippen LogP contribution in [0.1, 0.15) is 19.4 Å². The molecule has 3 heteroatoms. The van der Waals surface area contributed by atoms with Gasteiger partial charge in [0.25, 0.3) is 0 Å². The number of phenolic OH excluding ortho intramolecular Hbond substituents is 1. The molecule has 2 N–H and O–H groups in total. The third-order valence-corrected chi connectivity index (χ3v) is 2.33. The molecule has 0 fully saturated rings. The van der Waals surface area contributed by atoms with E-state index in [1.54, 1.807) is 12.1 Å². The maximum atomic E-state index is 9.70. The summed E-state index contributed by atoms with van der Waals surface area (Å²) in [6.07, 6.45) is 0. The van der Waals surface area contributed by atoms with Gasteiger partial charge in [-0.2, -0.15) is 0 Å². The number of aromatic hydroxyl groups is 1. The second kappa shape index (κ2) is 5.14. The standard InChI is InChI=1S/C12H18O3/c1-12(2,9-15-8-7-13)10-5-3-4-6-11(10)14/h3-6,13-14H,7-9H2,1-2H3. The first-order chi connectivity index (χ1) is 7.08. The summed E-state index contributed by atoms with van der Waals surface area (Å²) >= 11 is 0. The number of hydrogen-bond acceptors (Lipinski definition) is 3. The van der Waals surface area contributed by atoms with Gasteiger partial charge in [0.1, 0.15) is 5.75 Å². The van der Waals surface area contributed by atoms with Crippen molar-refractivity contribution in [1.29, 1.82) is 0 Å². The Balaban J connectivity index is 2.72. The summed E-state index contributed by atoms with van der Waals surface area (Å²) in [7, 11) is 0. The van der Waals surface area contributed by atoms with Gasteiger partial charge in [-0.05, 0) is 6.07 Å². The van der Waals surface area contributed by atoms with Crippen molar-refractivity contribution < 1.29 is 14.9 Å². The van der Waals surface area contributed by atoms with E-state index in [0.717, 1.165) is 5.56 Å². The number of para-hydroxylation sites is 1. The van der Waals surface area contributed by atoms with Gasteiger partial charge in [0, 0.05) is 11.0 Å². The largest absolute Gasteiger partial charge is 0.508 e. The predicted molar refractivity (Wildman–Crippen MR) is 59.0 cm³/mol. The fourth-order valence-electron chi connectivity index (χ4n) is 1.52. The van der Waals surface area contributed by atoms with Crippen LogP contribution in [0, 0.1) is 0 Å². The maximum Gasteiger partial charge on any atom is 0.119 e. The summed E-state index contributed by atoms with van der Waals surface area (Å²) in [5.74, 6) is 0.287. The van der Waals surface area contributed by atoms with E-state index >= 15 is 0 Å². The molecule has 0 radical (unpaired) electrons. The van der Waals surface area contributed by atoms with E-state index in [1.165, 1.54) is 0 Å². The van der Waals surface area contributed by atoms with Crippen LogP contribution in [0.2, 0.25) is 0 Å². The molecule has 0 aromatic heterocycles. The van der Waals surface area contributed by atoms with Crippen LogP contribution in [-0.2, 0) is 10.2 Å². The van der Waals surface area contributed by atoms with Crippen LogP contribution in [0.25, 0.3) is 0 Å². The first-order valence-electron chi connectivity index (χ1n) is 5.05. The molecule has 0 aliphatic rings. The number of phenols is 1. The second-order valence-corrected chi connectivity index (χ2v) is 4.18. The third-order valence-electron chi connectivity index (χ3n) is 2.33. The molecule has 1 aromatic carbocycles. The van der Waals surface area contributed by atoms with Gasteiger partial charge in [-0.3, -0.25) is 0 Å². The zero-order valence-corrected chi connectivity index (χ0v) is 9.23. The highest BCUT2D eigenvalue weighted by molar-refractivity contribution is 5.37. The Labute approximate surface area is 90.3 Å². The molecule has 0 heterocycles. The minimum absolute atomic E-state index is 0.0247. The Morgan fingerprint density at radius 2 is 1.93 bits per heavy atom. The summed E-state index contributed by atoms with van der Waals surface area (Å²) in [6, 6.07) is 7.24. The molecular weight excluding hydrogens is 192 g/mol. The molecule has 1 aromatic rings. The van der Waals surface area contributed by atoms with Crippen molar-refractivity contribution in [3.05, 3.63) is 29.8 Å². The lowest BCUT2D eigenvalue weighted by Crippen LogP contribution is -2.25. The molecule has 84 valence electrons. The van der Waals surface area contributed by atoms with Crippen molar-refractivity contribution in [2.24, 2.45) is 0 Å². The van der Waals surface area contributed by atoms with Crippen LogP contribution < -0.4 is 0 Å². The van der Waals surface area contributed by atoms with Gasteiger partial charge < -0.3 is 14.9 Å². The maximum absolute atomic E-state index is 9.70. The van der Waals surface area contributed by atoms with Crippen molar-refractivity contribution in [2.75, 3.05) is 19.8 Å². The highest BCUT2D eigenvalue weighted by Crippen LogP contribution is 2.30. The van der Waals surface area contributed by atoms with Gasteiger partial charge in [0.15, 0.2) is 0 Å². The van der Waals surface area contributed by atoms with Crippen LogP contribution in [-0.4, -0.2) is 30.0 Å². The molecular formula is C12H18O3. The topological polar surface area (TPSA) is 49.7 Å². The molecule has 0 unspecified atom stereocenters. The fourth-order valence-corrected chi connectivity index (χ4v) is 1.52. The number of aliphatic hydroxyl groups excluding tert-OH is 1. The monoisotopic (exact) mass is 210 g/mol. The Kier molecular flexibility index (Phi) is 4.12. The molecule has 0 aliphatic heterocycles. The first-order valence-corrected chi connectivity index (χ1v) is 5.05. The fraction of sp³-hybridized carbons (Fsp3) is 0.500. The number of hydrogen-bond donors (Lipinski definition) is 2. The van der Waals surface area contributed by atoms with Gasteiger partial charge in [0.2, 0.25) is 0 Å². The highest BCUT2D eigenvalue weighted by Gasteiger charge is 2.23. The smallest absolute Gasteiger partial charge is 0.119 e. The SMILES string of the molecule is CC(C)(COCCO)c1ccccc1O. The van der Waals surface area contributed by atoms with E-state index in [-0.39, 0.29) is 17.8 Å². The van der Waals surface area contributed by atoms with Crippen molar-refractivity contribution in [3.63, 3.8) is 0 Å². The van der Waals surface area contributed by atoms with Gasteiger partial charge in [0.05, 0.1) is 19.8 Å². The van der Waals surface area contributed by atoms with E-state index in [9.17, 15) is 5.11 Å². The van der Waals surface area contributed by atoms with E-state index in [0.29, 0.717) is 13.2 Å². The van der Waals surface area contributed by atoms with E-state index in [1.807, 2.05) is 26.0 Å². The summed E-state index contributed by atoms with van der Waals surface area (Å²) in [5, 5.41) is 18.3. The molecule has 1 rings (SSSR count). The Hall–Kier alpha value is -1.06. The number of ether oxygens (including phenoxy) is 1. The van der Waals surface area contributed by atoms with Crippen LogP contribution in [0.5, 0.6) is 5.75 Å². The first kappa shape index (κ1) is 12.0. The van der Waals surface area contributed by atoms with Crippen molar-refractivity contribution >= 4 is 0 Å². The lowest BCUT2D eigenvalue weighted by atomic mass is 9.85. The summed E-state index contributed by atoms with van der Waals surface area (Å²) in [5.41, 5.74) is 0.614. The molecule has 0 atom stereocenters. The van der Waals surface area contributed by atoms with Crippen molar-refractivity contribution in [3.8, 4) is 5.75 Å². The zero-order valence-electron chi connectivity index (χ0n) is 9.23. The normalized spacial score (nSPS) is 11.7. The van der Waals surface area contributed by atoms with Crippen molar-refractivity contribution in [2.45, 2.75) is 19.3 Å². The lowest BCUT2D eigenvalue weighted by molar-refractivity contribution is 0.0636. The number of aliphatic hydroxyl groups is 1. The Morgan fingerprint density at radius 3 is 2.53 bits per heavy atom. The van der Waals surface area contributed by atoms with Crippen LogP contribution in [0.3, 0.4) is 0 Å². The molecule has 0 aliphatic carbocycles. The summed E-state index contributed by atoms with van der Waals surface area (Å²) in [4.78, 5) is 0. The molecule has 0 saturated heterocycles. The average molecular weight is 210 g/mol. The number of benzene rings is 1. The van der Waals surface area contributed by atoms with Gasteiger partial charge in [-0.25, -0.2) is 0 Å². The molecule has 0 amide bonds. The van der Waals surface area contributed by atoms with E-state index in [4.69, 9.17) is 9.84 Å². The highest BCUT2D eigenvalue weighted by atomic mass is 16.5. The zero-order chi connectivity index (χ0) is 11.3. The lowest BCUT2D eigenvalue weighted by Gasteiger charge is -2.25. The van der Waals surface area contributed by atoms with Crippen LogP contribution in [0.15, 0.2) is 24.3 Å². The molecule has 15 heavy (non-hydrogen) atoms. The average Bonchev–Trinajstić information content (AvgIpc) is 2.18. The minimum Gasteiger partial charge on any atom is -0.508 e. The van der Waals surface area contributed by atoms with Crippen LogP contribution in [0.4, 0.5) is 0 Å². The Morgan fingerprint density at radius 1 is 1.27 bits per heavy atom. The van der Waals surface area contributed by atoms with Gasteiger partial charge in [-0.15, -0.1) is 0 Å². The van der Waals surface area contributed by atoms with E-state index in [2.05, 4.69) is 0 Å².